The molecule has 2 aliphatic rings. The Hall–Kier alpha value is -2.54. The lowest BCUT2D eigenvalue weighted by Crippen LogP contribution is -2.32. The van der Waals surface area contributed by atoms with Crippen molar-refractivity contribution in [1.29, 1.82) is 0 Å². The molecule has 124 valence electrons. The van der Waals surface area contributed by atoms with Crippen molar-refractivity contribution in [3.8, 4) is 0 Å². The van der Waals surface area contributed by atoms with E-state index in [0.29, 0.717) is 29.3 Å². The highest BCUT2D eigenvalue weighted by molar-refractivity contribution is 6.21. The van der Waals surface area contributed by atoms with Gasteiger partial charge in [-0.15, -0.1) is 0 Å². The minimum Gasteiger partial charge on any atom is -0.338 e. The molecule has 2 aromatic rings. The van der Waals surface area contributed by atoms with Crippen LogP contribution in [0.15, 0.2) is 28.8 Å². The average Bonchev–Trinajstić information content (AvgIpc) is 3.19. The van der Waals surface area contributed by atoms with Gasteiger partial charge in [-0.05, 0) is 31.5 Å². The lowest BCUT2D eigenvalue weighted by Gasteiger charge is -2.19. The van der Waals surface area contributed by atoms with Gasteiger partial charge in [-0.1, -0.05) is 23.7 Å². The quantitative estimate of drug-likeness (QED) is 0.861. The van der Waals surface area contributed by atoms with Crippen molar-refractivity contribution in [2.24, 2.45) is 0 Å². The van der Waals surface area contributed by atoms with E-state index in [9.17, 15) is 9.59 Å². The summed E-state index contributed by atoms with van der Waals surface area (Å²) in [4.78, 5) is 30.3. The number of rotatable bonds is 4. The SMILES string of the molecule is O=C1c2ccccc2C(=O)N1CCc1noc(C2CCCCN2)n1. The van der Waals surface area contributed by atoms with E-state index in [1.54, 1.807) is 24.3 Å². The highest BCUT2D eigenvalue weighted by Crippen LogP contribution is 2.23. The highest BCUT2D eigenvalue weighted by atomic mass is 16.5. The lowest BCUT2D eigenvalue weighted by atomic mass is 10.1. The Morgan fingerprint density at radius 2 is 1.92 bits per heavy atom. The van der Waals surface area contributed by atoms with E-state index >= 15 is 0 Å². The molecule has 4 rings (SSSR count). The van der Waals surface area contributed by atoms with Gasteiger partial charge in [-0.3, -0.25) is 14.5 Å². The topological polar surface area (TPSA) is 88.3 Å². The van der Waals surface area contributed by atoms with Crippen molar-refractivity contribution in [2.75, 3.05) is 13.1 Å². The molecular weight excluding hydrogens is 308 g/mol. The minimum absolute atomic E-state index is 0.110. The molecule has 0 spiro atoms. The minimum atomic E-state index is -0.256. The summed E-state index contributed by atoms with van der Waals surface area (Å²) in [5.41, 5.74) is 0.922. The zero-order valence-corrected chi connectivity index (χ0v) is 13.2. The Balaban J connectivity index is 1.42. The van der Waals surface area contributed by atoms with Crippen molar-refractivity contribution in [3.05, 3.63) is 47.1 Å². The molecule has 1 fully saturated rings. The maximum atomic E-state index is 12.3. The zero-order chi connectivity index (χ0) is 16.5. The largest absolute Gasteiger partial charge is 0.338 e. The molecule has 1 aromatic carbocycles. The predicted octanol–water partition coefficient (Wildman–Crippen LogP) is 1.72. The maximum absolute atomic E-state index is 12.3. The Morgan fingerprint density at radius 1 is 1.17 bits per heavy atom. The molecule has 1 atom stereocenters. The third kappa shape index (κ3) is 2.60. The van der Waals surface area contributed by atoms with Crippen LogP contribution in [0.4, 0.5) is 0 Å². The summed E-state index contributed by atoms with van der Waals surface area (Å²) in [6, 6.07) is 6.99. The molecule has 1 aromatic heterocycles. The normalized spacial score (nSPS) is 20.5. The molecule has 2 amide bonds. The molecule has 24 heavy (non-hydrogen) atoms. The number of nitrogens with one attached hydrogen (secondary N) is 1. The van der Waals surface area contributed by atoms with Gasteiger partial charge >= 0.3 is 0 Å². The van der Waals surface area contributed by atoms with Gasteiger partial charge < -0.3 is 9.84 Å². The Kier molecular flexibility index (Phi) is 3.86. The smallest absolute Gasteiger partial charge is 0.261 e. The van der Waals surface area contributed by atoms with Crippen LogP contribution in [0.1, 0.15) is 57.7 Å². The summed E-state index contributed by atoms with van der Waals surface area (Å²) < 4.78 is 5.32. The van der Waals surface area contributed by atoms with E-state index in [-0.39, 0.29) is 24.4 Å². The second-order valence-corrected chi connectivity index (χ2v) is 6.11. The second-order valence-electron chi connectivity index (χ2n) is 6.11. The van der Waals surface area contributed by atoms with E-state index < -0.39 is 0 Å². The molecule has 1 unspecified atom stereocenters. The van der Waals surface area contributed by atoms with E-state index in [1.807, 2.05) is 0 Å². The van der Waals surface area contributed by atoms with Gasteiger partial charge in [-0.2, -0.15) is 4.98 Å². The standard InChI is InChI=1S/C17H18N4O3/c22-16-11-5-1-2-6-12(11)17(23)21(16)10-8-14-19-15(24-20-14)13-7-3-4-9-18-13/h1-2,5-6,13,18H,3-4,7-10H2. The van der Waals surface area contributed by atoms with Crippen LogP contribution in [0, 0.1) is 0 Å². The number of hydrogen-bond acceptors (Lipinski definition) is 6. The maximum Gasteiger partial charge on any atom is 0.261 e. The average molecular weight is 326 g/mol. The fourth-order valence-electron chi connectivity index (χ4n) is 3.23. The third-order valence-electron chi connectivity index (χ3n) is 4.53. The summed E-state index contributed by atoms with van der Waals surface area (Å²) in [6.07, 6.45) is 3.68. The van der Waals surface area contributed by atoms with Crippen molar-refractivity contribution in [2.45, 2.75) is 31.7 Å². The van der Waals surface area contributed by atoms with Crippen molar-refractivity contribution in [3.63, 3.8) is 0 Å². The van der Waals surface area contributed by atoms with E-state index in [4.69, 9.17) is 4.52 Å². The third-order valence-corrected chi connectivity index (χ3v) is 4.53. The van der Waals surface area contributed by atoms with Crippen LogP contribution in [-0.2, 0) is 6.42 Å². The van der Waals surface area contributed by atoms with Crippen LogP contribution < -0.4 is 5.32 Å². The summed E-state index contributed by atoms with van der Waals surface area (Å²) in [5.74, 6) is 0.600. The van der Waals surface area contributed by atoms with Crippen LogP contribution in [-0.4, -0.2) is 39.9 Å². The number of carbonyl (C=O) groups is 2. The van der Waals surface area contributed by atoms with E-state index in [0.717, 1.165) is 25.8 Å². The number of piperidine rings is 1. The second kappa shape index (κ2) is 6.16. The van der Waals surface area contributed by atoms with Gasteiger partial charge in [0.1, 0.15) is 0 Å². The van der Waals surface area contributed by atoms with Crippen LogP contribution in [0.5, 0.6) is 0 Å². The molecule has 0 aliphatic carbocycles. The van der Waals surface area contributed by atoms with Crippen LogP contribution >= 0.6 is 0 Å². The number of amides is 2. The molecule has 1 saturated heterocycles. The first-order valence-corrected chi connectivity index (χ1v) is 8.25. The van der Waals surface area contributed by atoms with Gasteiger partial charge in [0.05, 0.1) is 17.2 Å². The highest BCUT2D eigenvalue weighted by Gasteiger charge is 2.35. The predicted molar refractivity (Wildman–Crippen MR) is 84.4 cm³/mol. The molecule has 7 nitrogen and oxygen atoms in total. The Bertz CT molecular complexity index is 745. The Morgan fingerprint density at radius 3 is 2.58 bits per heavy atom. The van der Waals surface area contributed by atoms with Crippen molar-refractivity contribution < 1.29 is 14.1 Å². The van der Waals surface area contributed by atoms with Gasteiger partial charge in [-0.25, -0.2) is 0 Å². The molecule has 1 N–H and O–H groups in total. The van der Waals surface area contributed by atoms with Crippen LogP contribution in [0.25, 0.3) is 0 Å². The fraction of sp³-hybridized carbons (Fsp3) is 0.412. The first kappa shape index (κ1) is 15.0. The summed E-state index contributed by atoms with van der Waals surface area (Å²) >= 11 is 0. The van der Waals surface area contributed by atoms with Crippen molar-refractivity contribution >= 4 is 11.8 Å². The Labute approximate surface area is 139 Å². The monoisotopic (exact) mass is 326 g/mol. The van der Waals surface area contributed by atoms with Crippen molar-refractivity contribution in [1.82, 2.24) is 20.4 Å². The van der Waals surface area contributed by atoms with E-state index in [1.165, 1.54) is 4.90 Å². The first-order valence-electron chi connectivity index (χ1n) is 8.25. The first-order chi connectivity index (χ1) is 11.7. The zero-order valence-electron chi connectivity index (χ0n) is 13.2. The molecule has 0 saturated carbocycles. The van der Waals surface area contributed by atoms with Gasteiger partial charge in [0, 0.05) is 13.0 Å². The number of aromatic nitrogens is 2. The van der Waals surface area contributed by atoms with E-state index in [2.05, 4.69) is 15.5 Å². The fourth-order valence-corrected chi connectivity index (χ4v) is 3.23. The lowest BCUT2D eigenvalue weighted by molar-refractivity contribution is 0.0655. The number of fused-ring (bicyclic) bond motifs is 1. The molecule has 0 radical (unpaired) electrons. The van der Waals surface area contributed by atoms with Gasteiger partial charge in [0.2, 0.25) is 5.89 Å². The number of nitrogens with zero attached hydrogens (tertiary/aromatic N) is 3. The molecular formula is C17H18N4O3. The number of imide groups is 1. The molecule has 2 aliphatic heterocycles. The van der Waals surface area contributed by atoms with Gasteiger partial charge in [0.25, 0.3) is 11.8 Å². The summed E-state index contributed by atoms with van der Waals surface area (Å²) in [6.45, 7) is 1.21. The summed E-state index contributed by atoms with van der Waals surface area (Å²) in [7, 11) is 0. The van der Waals surface area contributed by atoms with Crippen LogP contribution in [0.3, 0.4) is 0 Å². The number of hydrogen-bond donors (Lipinski definition) is 1. The molecule has 7 heteroatoms. The van der Waals surface area contributed by atoms with Crippen LogP contribution in [0.2, 0.25) is 0 Å². The molecule has 0 bridgehead atoms. The summed E-state index contributed by atoms with van der Waals surface area (Å²) in [5, 5.41) is 7.33. The number of benzene rings is 1. The number of carbonyl (C=O) groups excluding carboxylic acids is 2. The van der Waals surface area contributed by atoms with Gasteiger partial charge in [0.15, 0.2) is 5.82 Å². The molecule has 3 heterocycles.